The standard InChI is InChI=1S/C22H25N3O2/c1-3-24(4-2)19-9-7-18(8-10-19)23-22(27)17-12-15-6-5-11-25-20(26)14-16(13-17)21(15)25/h7-10,12-13H,3-6,11,14H2,1-2H3,(H,23,27). The van der Waals surface area contributed by atoms with Crippen molar-refractivity contribution in [3.8, 4) is 0 Å². The highest BCUT2D eigenvalue weighted by Crippen LogP contribution is 2.37. The van der Waals surface area contributed by atoms with E-state index in [4.69, 9.17) is 0 Å². The van der Waals surface area contributed by atoms with Crippen molar-refractivity contribution >= 4 is 28.9 Å². The van der Waals surface area contributed by atoms with Gasteiger partial charge in [0.2, 0.25) is 5.91 Å². The predicted molar refractivity (Wildman–Crippen MR) is 109 cm³/mol. The molecule has 0 saturated heterocycles. The molecule has 0 bridgehead atoms. The number of aryl methyl sites for hydroxylation is 1. The van der Waals surface area contributed by atoms with Crippen molar-refractivity contribution in [2.45, 2.75) is 33.1 Å². The van der Waals surface area contributed by atoms with Crippen LogP contribution in [0.25, 0.3) is 0 Å². The van der Waals surface area contributed by atoms with Gasteiger partial charge in [-0.25, -0.2) is 0 Å². The second-order valence-corrected chi connectivity index (χ2v) is 7.14. The van der Waals surface area contributed by atoms with E-state index in [1.807, 2.05) is 41.3 Å². The van der Waals surface area contributed by atoms with Crippen LogP contribution in [0.3, 0.4) is 0 Å². The molecule has 2 aromatic rings. The normalized spacial score (nSPS) is 14.9. The highest BCUT2D eigenvalue weighted by Gasteiger charge is 2.32. The molecule has 140 valence electrons. The Bertz CT molecular complexity index is 885. The number of hydrogen-bond acceptors (Lipinski definition) is 3. The average Bonchev–Trinajstić information content (AvgIpc) is 3.01. The summed E-state index contributed by atoms with van der Waals surface area (Å²) in [5, 5.41) is 2.99. The summed E-state index contributed by atoms with van der Waals surface area (Å²) in [4.78, 5) is 29.1. The first kappa shape index (κ1) is 17.6. The largest absolute Gasteiger partial charge is 0.372 e. The maximum atomic E-state index is 12.8. The lowest BCUT2D eigenvalue weighted by Crippen LogP contribution is -2.31. The molecule has 0 fully saturated rings. The fourth-order valence-corrected chi connectivity index (χ4v) is 4.16. The van der Waals surface area contributed by atoms with Crippen LogP contribution >= 0.6 is 0 Å². The third kappa shape index (κ3) is 3.18. The number of carbonyl (C=O) groups excluding carboxylic acids is 2. The molecule has 1 N–H and O–H groups in total. The number of anilines is 3. The van der Waals surface area contributed by atoms with Crippen LogP contribution in [0, 0.1) is 0 Å². The van der Waals surface area contributed by atoms with E-state index in [1.165, 1.54) is 0 Å². The molecule has 0 unspecified atom stereocenters. The Hall–Kier alpha value is -2.82. The van der Waals surface area contributed by atoms with Gasteiger partial charge in [-0.15, -0.1) is 0 Å². The Labute approximate surface area is 160 Å². The Morgan fingerprint density at radius 3 is 2.52 bits per heavy atom. The second-order valence-electron chi connectivity index (χ2n) is 7.14. The van der Waals surface area contributed by atoms with Crippen LogP contribution in [0.4, 0.5) is 17.1 Å². The van der Waals surface area contributed by atoms with Crippen LogP contribution in [0.5, 0.6) is 0 Å². The third-order valence-corrected chi connectivity index (χ3v) is 5.52. The molecular formula is C22H25N3O2. The van der Waals surface area contributed by atoms with Crippen molar-refractivity contribution in [2.24, 2.45) is 0 Å². The maximum Gasteiger partial charge on any atom is 0.255 e. The van der Waals surface area contributed by atoms with E-state index in [0.717, 1.165) is 60.7 Å². The topological polar surface area (TPSA) is 52.7 Å². The van der Waals surface area contributed by atoms with Gasteiger partial charge in [0.25, 0.3) is 5.91 Å². The first-order valence-electron chi connectivity index (χ1n) is 9.73. The van der Waals surface area contributed by atoms with Crippen molar-refractivity contribution in [1.82, 2.24) is 0 Å². The molecular weight excluding hydrogens is 338 g/mol. The summed E-state index contributed by atoms with van der Waals surface area (Å²) in [6.45, 7) is 6.96. The molecule has 0 spiro atoms. The van der Waals surface area contributed by atoms with Crippen molar-refractivity contribution < 1.29 is 9.59 Å². The first-order chi connectivity index (χ1) is 13.1. The minimum atomic E-state index is -0.124. The molecule has 5 heteroatoms. The number of carbonyl (C=O) groups is 2. The number of amides is 2. The molecule has 0 aromatic heterocycles. The highest BCUT2D eigenvalue weighted by atomic mass is 16.2. The quantitative estimate of drug-likeness (QED) is 0.883. The van der Waals surface area contributed by atoms with Crippen LogP contribution in [0.15, 0.2) is 36.4 Å². The van der Waals surface area contributed by atoms with Crippen molar-refractivity contribution in [2.75, 3.05) is 34.8 Å². The van der Waals surface area contributed by atoms with E-state index in [2.05, 4.69) is 24.1 Å². The van der Waals surface area contributed by atoms with Gasteiger partial charge in [0.05, 0.1) is 12.1 Å². The Kier molecular flexibility index (Phi) is 4.60. The van der Waals surface area contributed by atoms with Gasteiger partial charge in [-0.3, -0.25) is 9.59 Å². The lowest BCUT2D eigenvalue weighted by atomic mass is 9.96. The summed E-state index contributed by atoms with van der Waals surface area (Å²) in [5.74, 6) is 0.0246. The van der Waals surface area contributed by atoms with Gasteiger partial charge < -0.3 is 15.1 Å². The van der Waals surface area contributed by atoms with E-state index in [0.29, 0.717) is 12.0 Å². The molecule has 27 heavy (non-hydrogen) atoms. The molecule has 2 heterocycles. The zero-order chi connectivity index (χ0) is 19.0. The maximum absolute atomic E-state index is 12.8. The van der Waals surface area contributed by atoms with Crippen LogP contribution in [0.2, 0.25) is 0 Å². The van der Waals surface area contributed by atoms with Crippen molar-refractivity contribution in [1.29, 1.82) is 0 Å². The molecule has 2 amide bonds. The monoisotopic (exact) mass is 363 g/mol. The minimum Gasteiger partial charge on any atom is -0.372 e. The fourth-order valence-electron chi connectivity index (χ4n) is 4.16. The highest BCUT2D eigenvalue weighted by molar-refractivity contribution is 6.08. The third-order valence-electron chi connectivity index (χ3n) is 5.52. The Morgan fingerprint density at radius 2 is 1.81 bits per heavy atom. The predicted octanol–water partition coefficient (Wildman–Crippen LogP) is 3.62. The Balaban J connectivity index is 1.54. The minimum absolute atomic E-state index is 0.124. The summed E-state index contributed by atoms with van der Waals surface area (Å²) in [7, 11) is 0. The van der Waals surface area contributed by atoms with Gasteiger partial charge in [-0.05, 0) is 74.2 Å². The number of hydrogen-bond donors (Lipinski definition) is 1. The van der Waals surface area contributed by atoms with Gasteiger partial charge in [0.1, 0.15) is 0 Å². The van der Waals surface area contributed by atoms with E-state index >= 15 is 0 Å². The number of benzene rings is 2. The number of nitrogens with zero attached hydrogens (tertiary/aromatic N) is 2. The van der Waals surface area contributed by atoms with Gasteiger partial charge in [-0.1, -0.05) is 0 Å². The lowest BCUT2D eigenvalue weighted by molar-refractivity contribution is -0.117. The van der Waals surface area contributed by atoms with E-state index < -0.39 is 0 Å². The van der Waals surface area contributed by atoms with E-state index in [-0.39, 0.29) is 11.8 Å². The zero-order valence-corrected chi connectivity index (χ0v) is 15.9. The fraction of sp³-hybridized carbons (Fsp3) is 0.364. The van der Waals surface area contributed by atoms with Gasteiger partial charge in [0, 0.05) is 36.6 Å². The molecule has 0 saturated carbocycles. The van der Waals surface area contributed by atoms with Crippen molar-refractivity contribution in [3.05, 3.63) is 53.1 Å². The number of nitrogens with one attached hydrogen (secondary N) is 1. The molecule has 2 aliphatic heterocycles. The van der Waals surface area contributed by atoms with Gasteiger partial charge >= 0.3 is 0 Å². The first-order valence-corrected chi connectivity index (χ1v) is 9.73. The summed E-state index contributed by atoms with van der Waals surface area (Å²) in [5.41, 5.74) is 5.71. The molecule has 2 aliphatic rings. The molecule has 0 atom stereocenters. The zero-order valence-electron chi connectivity index (χ0n) is 15.9. The molecule has 4 rings (SSSR count). The van der Waals surface area contributed by atoms with E-state index in [1.54, 1.807) is 0 Å². The van der Waals surface area contributed by atoms with Gasteiger partial charge in [0.15, 0.2) is 0 Å². The summed E-state index contributed by atoms with van der Waals surface area (Å²) < 4.78 is 0. The summed E-state index contributed by atoms with van der Waals surface area (Å²) in [6, 6.07) is 11.8. The smallest absolute Gasteiger partial charge is 0.255 e. The Morgan fingerprint density at radius 1 is 1.11 bits per heavy atom. The SMILES string of the molecule is CCN(CC)c1ccc(NC(=O)c2cc3c4c(c2)CC(=O)N4CCC3)cc1. The van der Waals surface area contributed by atoms with Crippen molar-refractivity contribution in [3.63, 3.8) is 0 Å². The van der Waals surface area contributed by atoms with E-state index in [9.17, 15) is 9.59 Å². The average molecular weight is 363 g/mol. The summed E-state index contributed by atoms with van der Waals surface area (Å²) in [6.07, 6.45) is 2.28. The van der Waals surface area contributed by atoms with Gasteiger partial charge in [-0.2, -0.15) is 0 Å². The van der Waals surface area contributed by atoms with Crippen LogP contribution in [0.1, 0.15) is 41.8 Å². The van der Waals surface area contributed by atoms with Crippen LogP contribution in [-0.2, 0) is 17.6 Å². The molecule has 5 nitrogen and oxygen atoms in total. The second kappa shape index (κ2) is 7.06. The van der Waals surface area contributed by atoms with Crippen LogP contribution in [-0.4, -0.2) is 31.4 Å². The molecule has 0 aliphatic carbocycles. The molecule has 0 radical (unpaired) electrons. The molecule has 2 aromatic carbocycles. The lowest BCUT2D eigenvalue weighted by Gasteiger charge is -2.25. The van der Waals surface area contributed by atoms with Crippen LogP contribution < -0.4 is 15.1 Å². The summed E-state index contributed by atoms with van der Waals surface area (Å²) >= 11 is 0. The number of rotatable bonds is 5.